The van der Waals surface area contributed by atoms with E-state index in [1.165, 1.54) is 12.1 Å². The number of amides is 1. The molecule has 0 aromatic heterocycles. The number of nitrogens with zero attached hydrogens (tertiary/aromatic N) is 1. The zero-order valence-corrected chi connectivity index (χ0v) is 14.0. The molecule has 1 aliphatic rings. The van der Waals surface area contributed by atoms with Crippen LogP contribution < -0.4 is 0 Å². The van der Waals surface area contributed by atoms with Gasteiger partial charge in [-0.15, -0.1) is 0 Å². The van der Waals surface area contributed by atoms with E-state index in [9.17, 15) is 14.3 Å². The molecule has 1 fully saturated rings. The minimum atomic E-state index is -0.566. The maximum absolute atomic E-state index is 13.1. The van der Waals surface area contributed by atoms with Crippen molar-refractivity contribution < 1.29 is 19.0 Å². The third-order valence-corrected chi connectivity index (χ3v) is 4.46. The molecule has 0 radical (unpaired) electrons. The lowest BCUT2D eigenvalue weighted by molar-refractivity contribution is -0.137. The molecule has 2 aromatic carbocycles. The number of benzene rings is 2. The summed E-state index contributed by atoms with van der Waals surface area (Å²) < 4.78 is 18.6. The molecule has 0 unspecified atom stereocenters. The van der Waals surface area contributed by atoms with Crippen LogP contribution >= 0.6 is 0 Å². The van der Waals surface area contributed by atoms with Gasteiger partial charge in [0.05, 0.1) is 18.8 Å². The summed E-state index contributed by atoms with van der Waals surface area (Å²) in [7, 11) is 0. The zero-order valence-electron chi connectivity index (χ0n) is 14.0. The van der Waals surface area contributed by atoms with Crippen molar-refractivity contribution in [3.05, 3.63) is 71.5 Å². The molecule has 25 heavy (non-hydrogen) atoms. The van der Waals surface area contributed by atoms with Crippen molar-refractivity contribution in [2.24, 2.45) is 0 Å². The van der Waals surface area contributed by atoms with Crippen LogP contribution in [-0.2, 0) is 16.0 Å². The molecular formula is C20H22FNO3. The number of carbonyl (C=O) groups is 1. The van der Waals surface area contributed by atoms with E-state index in [1.54, 1.807) is 17.0 Å². The monoisotopic (exact) mass is 343 g/mol. The molecule has 1 saturated heterocycles. The average molecular weight is 343 g/mol. The third-order valence-electron chi connectivity index (χ3n) is 4.46. The van der Waals surface area contributed by atoms with Crippen molar-refractivity contribution in [3.8, 4) is 0 Å². The van der Waals surface area contributed by atoms with E-state index in [-0.39, 0.29) is 30.9 Å². The van der Waals surface area contributed by atoms with Crippen LogP contribution in [0.15, 0.2) is 54.6 Å². The summed E-state index contributed by atoms with van der Waals surface area (Å²) in [5.74, 6) is -0.469. The van der Waals surface area contributed by atoms with Crippen LogP contribution in [-0.4, -0.2) is 41.8 Å². The van der Waals surface area contributed by atoms with Gasteiger partial charge in [-0.1, -0.05) is 42.5 Å². The van der Waals surface area contributed by atoms with Gasteiger partial charge in [-0.05, 0) is 36.1 Å². The zero-order chi connectivity index (χ0) is 17.6. The van der Waals surface area contributed by atoms with Crippen molar-refractivity contribution >= 4 is 5.91 Å². The number of ether oxygens (including phenoxy) is 1. The van der Waals surface area contributed by atoms with Crippen LogP contribution in [0, 0.1) is 5.82 Å². The second-order valence-corrected chi connectivity index (χ2v) is 6.29. The van der Waals surface area contributed by atoms with Crippen LogP contribution in [0.3, 0.4) is 0 Å². The fourth-order valence-corrected chi connectivity index (χ4v) is 3.17. The van der Waals surface area contributed by atoms with Crippen LogP contribution in [0.25, 0.3) is 0 Å². The van der Waals surface area contributed by atoms with Crippen molar-refractivity contribution in [2.45, 2.75) is 25.0 Å². The summed E-state index contributed by atoms with van der Waals surface area (Å²) in [5.41, 5.74) is 1.99. The summed E-state index contributed by atoms with van der Waals surface area (Å²) in [6, 6.07) is 15.8. The predicted octanol–water partition coefficient (Wildman–Crippen LogP) is 2.72. The molecule has 0 aliphatic carbocycles. The number of aliphatic hydroxyl groups is 1. The van der Waals surface area contributed by atoms with E-state index in [0.29, 0.717) is 13.0 Å². The van der Waals surface area contributed by atoms with Gasteiger partial charge < -0.3 is 14.7 Å². The Balaban J connectivity index is 1.53. The Labute approximate surface area is 146 Å². The minimum Gasteiger partial charge on any atom is -0.391 e. The number of likely N-dealkylation sites (tertiary alicyclic amines) is 1. The van der Waals surface area contributed by atoms with Gasteiger partial charge in [0, 0.05) is 6.54 Å². The lowest BCUT2D eigenvalue weighted by Crippen LogP contribution is -2.34. The number of carbonyl (C=O) groups excluding carboxylic acids is 1. The summed E-state index contributed by atoms with van der Waals surface area (Å²) >= 11 is 0. The van der Waals surface area contributed by atoms with Crippen LogP contribution in [0.5, 0.6) is 0 Å². The third kappa shape index (κ3) is 4.65. The molecule has 4 nitrogen and oxygen atoms in total. The van der Waals surface area contributed by atoms with Crippen LogP contribution in [0.4, 0.5) is 4.39 Å². The van der Waals surface area contributed by atoms with E-state index in [1.807, 2.05) is 30.3 Å². The summed E-state index contributed by atoms with van der Waals surface area (Å²) in [5, 5.41) is 9.95. The number of hydrogen-bond acceptors (Lipinski definition) is 3. The Morgan fingerprint density at radius 1 is 1.16 bits per heavy atom. The molecule has 2 atom stereocenters. The Morgan fingerprint density at radius 3 is 2.60 bits per heavy atom. The lowest BCUT2D eigenvalue weighted by Gasteiger charge is -2.24. The standard InChI is InChI=1S/C20H22FNO3/c21-17-8-6-16(7-9-17)19-12-18(23)13-22(19)20(24)14-25-11-10-15-4-2-1-3-5-15/h1-9,18-19,23H,10-14H2/t18-,19+/m0/s1. The minimum absolute atomic E-state index is 0.0166. The summed E-state index contributed by atoms with van der Waals surface area (Å²) in [4.78, 5) is 14.1. The Morgan fingerprint density at radius 2 is 1.88 bits per heavy atom. The van der Waals surface area contributed by atoms with Gasteiger partial charge in [-0.2, -0.15) is 0 Å². The SMILES string of the molecule is O=C(COCCc1ccccc1)N1C[C@@H](O)C[C@@H]1c1ccc(F)cc1. The molecule has 0 saturated carbocycles. The molecule has 1 aliphatic heterocycles. The highest BCUT2D eigenvalue weighted by Gasteiger charge is 2.35. The fraction of sp³-hybridized carbons (Fsp3) is 0.350. The quantitative estimate of drug-likeness (QED) is 0.821. The smallest absolute Gasteiger partial charge is 0.249 e. The molecule has 132 valence electrons. The molecule has 1 amide bonds. The lowest BCUT2D eigenvalue weighted by atomic mass is 10.0. The van der Waals surface area contributed by atoms with Gasteiger partial charge in [0.1, 0.15) is 12.4 Å². The van der Waals surface area contributed by atoms with Crippen LogP contribution in [0.1, 0.15) is 23.6 Å². The van der Waals surface area contributed by atoms with E-state index in [4.69, 9.17) is 4.74 Å². The molecular weight excluding hydrogens is 321 g/mol. The first-order chi connectivity index (χ1) is 12.1. The Kier molecular flexibility index (Phi) is 5.79. The first-order valence-electron chi connectivity index (χ1n) is 8.48. The predicted molar refractivity (Wildman–Crippen MR) is 92.4 cm³/mol. The molecule has 2 aromatic rings. The molecule has 5 heteroatoms. The molecule has 3 rings (SSSR count). The second-order valence-electron chi connectivity index (χ2n) is 6.29. The second kappa shape index (κ2) is 8.23. The van der Waals surface area contributed by atoms with Crippen molar-refractivity contribution in [1.82, 2.24) is 4.90 Å². The Hall–Kier alpha value is -2.24. The fourth-order valence-electron chi connectivity index (χ4n) is 3.17. The molecule has 0 spiro atoms. The Bertz CT molecular complexity index is 690. The van der Waals surface area contributed by atoms with Gasteiger partial charge in [0.15, 0.2) is 0 Å². The van der Waals surface area contributed by atoms with E-state index >= 15 is 0 Å². The maximum atomic E-state index is 13.1. The topological polar surface area (TPSA) is 49.8 Å². The van der Waals surface area contributed by atoms with Crippen molar-refractivity contribution in [3.63, 3.8) is 0 Å². The number of hydrogen-bond donors (Lipinski definition) is 1. The maximum Gasteiger partial charge on any atom is 0.249 e. The summed E-state index contributed by atoms with van der Waals surface area (Å²) in [6.07, 6.45) is 0.641. The highest BCUT2D eigenvalue weighted by molar-refractivity contribution is 5.78. The highest BCUT2D eigenvalue weighted by atomic mass is 19.1. The summed E-state index contributed by atoms with van der Waals surface area (Å²) in [6.45, 7) is 0.730. The number of halogens is 1. The number of aliphatic hydroxyl groups excluding tert-OH is 1. The molecule has 0 bridgehead atoms. The normalized spacial score (nSPS) is 20.0. The molecule has 1 heterocycles. The van der Waals surface area contributed by atoms with Gasteiger partial charge in [-0.25, -0.2) is 4.39 Å². The average Bonchev–Trinajstić information content (AvgIpc) is 3.02. The van der Waals surface area contributed by atoms with Gasteiger partial charge in [-0.3, -0.25) is 4.79 Å². The van der Waals surface area contributed by atoms with E-state index < -0.39 is 6.10 Å². The highest BCUT2D eigenvalue weighted by Crippen LogP contribution is 2.32. The van der Waals surface area contributed by atoms with E-state index in [2.05, 4.69) is 0 Å². The largest absolute Gasteiger partial charge is 0.391 e. The first kappa shape index (κ1) is 17.6. The van der Waals surface area contributed by atoms with Crippen molar-refractivity contribution in [1.29, 1.82) is 0 Å². The van der Waals surface area contributed by atoms with Crippen molar-refractivity contribution in [2.75, 3.05) is 19.8 Å². The van der Waals surface area contributed by atoms with Gasteiger partial charge >= 0.3 is 0 Å². The van der Waals surface area contributed by atoms with Gasteiger partial charge in [0.2, 0.25) is 5.91 Å². The number of rotatable bonds is 6. The number of β-amino-alcohol motifs (C(OH)–C–C–N with tert-alkyl or cyclic N) is 1. The van der Waals surface area contributed by atoms with Gasteiger partial charge in [0.25, 0.3) is 0 Å². The van der Waals surface area contributed by atoms with E-state index in [0.717, 1.165) is 17.5 Å². The molecule has 1 N–H and O–H groups in total. The van der Waals surface area contributed by atoms with Crippen LogP contribution in [0.2, 0.25) is 0 Å². The first-order valence-corrected chi connectivity index (χ1v) is 8.48.